The fraction of sp³-hybridized carbons (Fsp3) is 0.538. The number of hydrogen-bond donors (Lipinski definition) is 2. The van der Waals surface area contributed by atoms with E-state index in [4.69, 9.17) is 0 Å². The minimum absolute atomic E-state index is 0.202. The van der Waals surface area contributed by atoms with Crippen molar-refractivity contribution in [3.05, 3.63) is 24.0 Å². The molecule has 1 saturated heterocycles. The maximum Gasteiger partial charge on any atom is 0.327 e. The first kappa shape index (κ1) is 13.6. The summed E-state index contributed by atoms with van der Waals surface area (Å²) >= 11 is 0. The SMILES string of the molecule is CCCn1cccc1C(=O)N1CCNCC1C(=O)O. The van der Waals surface area contributed by atoms with E-state index in [2.05, 4.69) is 5.32 Å². The molecular formula is C13H19N3O3. The molecule has 2 heterocycles. The number of carbonyl (C=O) groups is 2. The van der Waals surface area contributed by atoms with Crippen molar-refractivity contribution in [2.45, 2.75) is 25.9 Å². The predicted molar refractivity (Wildman–Crippen MR) is 70.1 cm³/mol. The van der Waals surface area contributed by atoms with E-state index in [1.165, 1.54) is 4.90 Å². The third-order valence-electron chi connectivity index (χ3n) is 3.30. The van der Waals surface area contributed by atoms with E-state index in [0.29, 0.717) is 25.3 Å². The van der Waals surface area contributed by atoms with Crippen LogP contribution in [0.3, 0.4) is 0 Å². The second-order valence-electron chi connectivity index (χ2n) is 4.64. The Hall–Kier alpha value is -1.82. The summed E-state index contributed by atoms with van der Waals surface area (Å²) in [6.07, 6.45) is 2.79. The maximum atomic E-state index is 12.5. The predicted octanol–water partition coefficient (Wildman–Crippen LogP) is 0.397. The van der Waals surface area contributed by atoms with Crippen LogP contribution >= 0.6 is 0 Å². The number of rotatable bonds is 4. The molecule has 0 aromatic carbocycles. The Kier molecular flexibility index (Phi) is 4.21. The molecule has 0 bridgehead atoms. The number of nitrogens with zero attached hydrogens (tertiary/aromatic N) is 2. The number of carbonyl (C=O) groups excluding carboxylic acids is 1. The molecule has 104 valence electrons. The van der Waals surface area contributed by atoms with E-state index in [-0.39, 0.29) is 5.91 Å². The number of hydrogen-bond acceptors (Lipinski definition) is 3. The molecular weight excluding hydrogens is 246 g/mol. The largest absolute Gasteiger partial charge is 0.480 e. The van der Waals surface area contributed by atoms with Gasteiger partial charge in [-0.25, -0.2) is 4.79 Å². The van der Waals surface area contributed by atoms with Crippen molar-refractivity contribution in [1.82, 2.24) is 14.8 Å². The zero-order valence-corrected chi connectivity index (χ0v) is 11.0. The van der Waals surface area contributed by atoms with Crippen molar-refractivity contribution in [2.75, 3.05) is 19.6 Å². The number of carboxylic acids is 1. The Labute approximate surface area is 112 Å². The zero-order valence-electron chi connectivity index (χ0n) is 11.0. The number of carboxylic acid groups (broad SMARTS) is 1. The Morgan fingerprint density at radius 3 is 3.00 bits per heavy atom. The monoisotopic (exact) mass is 265 g/mol. The number of aromatic nitrogens is 1. The number of aliphatic carboxylic acids is 1. The summed E-state index contributed by atoms with van der Waals surface area (Å²) in [5, 5.41) is 12.2. The summed E-state index contributed by atoms with van der Waals surface area (Å²) in [6.45, 7) is 4.16. The quantitative estimate of drug-likeness (QED) is 0.826. The first-order valence-electron chi connectivity index (χ1n) is 6.54. The molecule has 19 heavy (non-hydrogen) atoms. The molecule has 1 fully saturated rings. The summed E-state index contributed by atoms with van der Waals surface area (Å²) in [5.41, 5.74) is 0.565. The smallest absolute Gasteiger partial charge is 0.327 e. The zero-order chi connectivity index (χ0) is 13.8. The standard InChI is InChI=1S/C13H19N3O3/c1-2-6-15-7-3-4-10(15)12(17)16-8-5-14-9-11(16)13(18)19/h3-4,7,11,14H,2,5-6,8-9H2,1H3,(H,18,19). The summed E-state index contributed by atoms with van der Waals surface area (Å²) in [6, 6.07) is 2.78. The van der Waals surface area contributed by atoms with E-state index in [1.807, 2.05) is 23.8 Å². The van der Waals surface area contributed by atoms with Crippen LogP contribution in [0.1, 0.15) is 23.8 Å². The minimum Gasteiger partial charge on any atom is -0.480 e. The number of nitrogens with one attached hydrogen (secondary N) is 1. The fourth-order valence-corrected chi connectivity index (χ4v) is 2.36. The molecule has 0 radical (unpaired) electrons. The van der Waals surface area contributed by atoms with E-state index < -0.39 is 12.0 Å². The van der Waals surface area contributed by atoms with Crippen molar-refractivity contribution < 1.29 is 14.7 Å². The molecule has 2 N–H and O–H groups in total. The van der Waals surface area contributed by atoms with Crippen LogP contribution in [0.2, 0.25) is 0 Å². The highest BCUT2D eigenvalue weighted by molar-refractivity contribution is 5.95. The minimum atomic E-state index is -0.964. The van der Waals surface area contributed by atoms with Gasteiger partial charge < -0.3 is 19.9 Å². The van der Waals surface area contributed by atoms with Crippen molar-refractivity contribution >= 4 is 11.9 Å². The summed E-state index contributed by atoms with van der Waals surface area (Å²) in [5.74, 6) is -1.17. The third-order valence-corrected chi connectivity index (χ3v) is 3.30. The molecule has 6 heteroatoms. The van der Waals surface area contributed by atoms with Gasteiger partial charge in [-0.1, -0.05) is 6.92 Å². The van der Waals surface area contributed by atoms with Gasteiger partial charge in [0.15, 0.2) is 0 Å². The molecule has 1 aromatic heterocycles. The summed E-state index contributed by atoms with van der Waals surface area (Å²) in [7, 11) is 0. The van der Waals surface area contributed by atoms with Crippen LogP contribution in [0.15, 0.2) is 18.3 Å². The van der Waals surface area contributed by atoms with Crippen molar-refractivity contribution in [1.29, 1.82) is 0 Å². The number of amides is 1. The van der Waals surface area contributed by atoms with Crippen LogP contribution in [0, 0.1) is 0 Å². The van der Waals surface area contributed by atoms with Crippen LogP contribution in [-0.4, -0.2) is 52.1 Å². The topological polar surface area (TPSA) is 74.6 Å². The molecule has 6 nitrogen and oxygen atoms in total. The fourth-order valence-electron chi connectivity index (χ4n) is 2.36. The second kappa shape index (κ2) is 5.88. The van der Waals surface area contributed by atoms with Gasteiger partial charge in [0.1, 0.15) is 11.7 Å². The van der Waals surface area contributed by atoms with Gasteiger partial charge in [-0.15, -0.1) is 0 Å². The Morgan fingerprint density at radius 1 is 1.53 bits per heavy atom. The molecule has 1 atom stereocenters. The van der Waals surface area contributed by atoms with Gasteiger partial charge in [0.2, 0.25) is 0 Å². The lowest BCUT2D eigenvalue weighted by Gasteiger charge is -2.33. The molecule has 1 aromatic rings. The first-order valence-corrected chi connectivity index (χ1v) is 6.54. The molecule has 1 aliphatic heterocycles. The maximum absolute atomic E-state index is 12.5. The Bertz CT molecular complexity index is 469. The van der Waals surface area contributed by atoms with Crippen LogP contribution in [0.25, 0.3) is 0 Å². The molecule has 2 rings (SSSR count). The normalized spacial score (nSPS) is 19.4. The highest BCUT2D eigenvalue weighted by atomic mass is 16.4. The second-order valence-corrected chi connectivity index (χ2v) is 4.64. The molecule has 1 unspecified atom stereocenters. The van der Waals surface area contributed by atoms with E-state index in [9.17, 15) is 14.7 Å². The van der Waals surface area contributed by atoms with Crippen LogP contribution in [0.4, 0.5) is 0 Å². The van der Waals surface area contributed by atoms with Gasteiger partial charge in [0.25, 0.3) is 5.91 Å². The van der Waals surface area contributed by atoms with Gasteiger partial charge in [0, 0.05) is 32.4 Å². The highest BCUT2D eigenvalue weighted by Crippen LogP contribution is 2.12. The lowest BCUT2D eigenvalue weighted by Crippen LogP contribution is -2.57. The molecule has 0 spiro atoms. The third kappa shape index (κ3) is 2.78. The van der Waals surface area contributed by atoms with Crippen LogP contribution in [0.5, 0.6) is 0 Å². The molecule has 1 amide bonds. The Morgan fingerprint density at radius 2 is 2.32 bits per heavy atom. The van der Waals surface area contributed by atoms with E-state index in [1.54, 1.807) is 6.07 Å². The van der Waals surface area contributed by atoms with Gasteiger partial charge in [-0.2, -0.15) is 0 Å². The molecule has 1 aliphatic rings. The average Bonchev–Trinajstić information content (AvgIpc) is 2.86. The van der Waals surface area contributed by atoms with Gasteiger partial charge in [0.05, 0.1) is 0 Å². The summed E-state index contributed by atoms with van der Waals surface area (Å²) in [4.78, 5) is 25.1. The lowest BCUT2D eigenvalue weighted by molar-refractivity contribution is -0.142. The van der Waals surface area contributed by atoms with Crippen LogP contribution in [-0.2, 0) is 11.3 Å². The van der Waals surface area contributed by atoms with E-state index in [0.717, 1.165) is 13.0 Å². The number of aryl methyl sites for hydroxylation is 1. The van der Waals surface area contributed by atoms with Crippen LogP contribution < -0.4 is 5.32 Å². The molecule has 0 aliphatic carbocycles. The lowest BCUT2D eigenvalue weighted by atomic mass is 10.1. The average molecular weight is 265 g/mol. The molecule has 0 saturated carbocycles. The van der Waals surface area contributed by atoms with Gasteiger partial charge in [-0.05, 0) is 18.6 Å². The van der Waals surface area contributed by atoms with Crippen molar-refractivity contribution in [3.63, 3.8) is 0 Å². The Balaban J connectivity index is 2.21. The van der Waals surface area contributed by atoms with E-state index >= 15 is 0 Å². The number of piperazine rings is 1. The highest BCUT2D eigenvalue weighted by Gasteiger charge is 2.33. The van der Waals surface area contributed by atoms with Crippen molar-refractivity contribution in [2.24, 2.45) is 0 Å². The van der Waals surface area contributed by atoms with Crippen molar-refractivity contribution in [3.8, 4) is 0 Å². The summed E-state index contributed by atoms with van der Waals surface area (Å²) < 4.78 is 1.88. The van der Waals surface area contributed by atoms with Gasteiger partial charge in [-0.3, -0.25) is 4.79 Å². The van der Waals surface area contributed by atoms with Gasteiger partial charge >= 0.3 is 5.97 Å². The first-order chi connectivity index (χ1) is 9.15.